The summed E-state index contributed by atoms with van der Waals surface area (Å²) in [6, 6.07) is 0. The summed E-state index contributed by atoms with van der Waals surface area (Å²) in [4.78, 5) is 29.0. The highest BCUT2D eigenvalue weighted by Gasteiger charge is 2.69. The Bertz CT molecular complexity index is 1550. The normalized spacial score (nSPS) is 46.2. The molecular formula is C39H55NO13. The van der Waals surface area contributed by atoms with E-state index >= 15 is 0 Å². The molecule has 0 aromatic heterocycles. The second-order valence-electron chi connectivity index (χ2n) is 16.9. The molecule has 14 nitrogen and oxygen atoms in total. The Morgan fingerprint density at radius 1 is 1.06 bits per heavy atom. The van der Waals surface area contributed by atoms with Crippen molar-refractivity contribution in [3.05, 3.63) is 34.6 Å². The number of methoxy groups -OCH3 is 1. The first-order valence-corrected chi connectivity index (χ1v) is 19.4. The molecule has 5 N–H and O–H groups in total. The summed E-state index contributed by atoms with van der Waals surface area (Å²) in [5.74, 6) is -3.08. The van der Waals surface area contributed by atoms with Crippen LogP contribution in [-0.4, -0.2) is 132 Å². The minimum absolute atomic E-state index is 0.0341. The summed E-state index contributed by atoms with van der Waals surface area (Å²) in [5.41, 5.74) is 3.29. The first-order valence-electron chi connectivity index (χ1n) is 19.4. The number of nitrogens with zero attached hydrogens (tertiary/aromatic N) is 1. The highest BCUT2D eigenvalue weighted by molar-refractivity contribution is 5.89. The van der Waals surface area contributed by atoms with Crippen LogP contribution in [-0.2, 0) is 38.0 Å². The summed E-state index contributed by atoms with van der Waals surface area (Å²) in [5, 5.41) is 53.9. The lowest BCUT2D eigenvalue weighted by Gasteiger charge is -2.61. The van der Waals surface area contributed by atoms with Crippen molar-refractivity contribution in [2.45, 2.75) is 107 Å². The van der Waals surface area contributed by atoms with E-state index in [0.29, 0.717) is 43.8 Å². The monoisotopic (exact) mass is 745 g/mol. The number of rotatable bonds is 8. The molecule has 8 rings (SSSR count). The van der Waals surface area contributed by atoms with E-state index in [0.717, 1.165) is 45.2 Å². The van der Waals surface area contributed by atoms with Gasteiger partial charge < -0.3 is 58.9 Å². The SMILES string of the molecule is CC[C@@]1(O)CC[C@]2(CO1)[C@@H]1CCC3=C4[C@H](CC3)[C@H](C(=O)OC[C@H]3O[C@@H](O[C@@H]5OC=C(C(=O)OC)[C@H]6CC=C(CO)[C@@H]56)[C@H](O)[C@@H](O)[C@@H]3O)C[C@@]42CN(C)C1. The Labute approximate surface area is 309 Å². The number of aliphatic hydroxyl groups is 5. The molecule has 4 aliphatic heterocycles. The van der Waals surface area contributed by atoms with E-state index in [1.54, 1.807) is 6.08 Å². The third-order valence-electron chi connectivity index (χ3n) is 14.5. The zero-order valence-corrected chi connectivity index (χ0v) is 30.9. The Balaban J connectivity index is 0.990. The molecular weight excluding hydrogens is 690 g/mol. The molecule has 8 aliphatic rings. The molecule has 0 radical (unpaired) electrons. The highest BCUT2D eigenvalue weighted by atomic mass is 16.8. The van der Waals surface area contributed by atoms with Gasteiger partial charge in [0.1, 0.15) is 31.0 Å². The van der Waals surface area contributed by atoms with Crippen LogP contribution < -0.4 is 0 Å². The van der Waals surface area contributed by atoms with E-state index in [4.69, 9.17) is 28.4 Å². The van der Waals surface area contributed by atoms with Crippen LogP contribution in [0.1, 0.15) is 64.7 Å². The summed E-state index contributed by atoms with van der Waals surface area (Å²) in [7, 11) is 3.43. The van der Waals surface area contributed by atoms with Crippen LogP contribution in [0.25, 0.3) is 0 Å². The average Bonchev–Trinajstić information content (AvgIpc) is 3.87. The molecule has 4 fully saturated rings. The minimum Gasteiger partial charge on any atom is -0.471 e. The van der Waals surface area contributed by atoms with Crippen LogP contribution >= 0.6 is 0 Å². The van der Waals surface area contributed by atoms with Crippen molar-refractivity contribution >= 4 is 11.9 Å². The molecule has 2 bridgehead atoms. The molecule has 4 aliphatic carbocycles. The fraction of sp³-hybridized carbons (Fsp3) is 0.795. The number of hydrogen-bond acceptors (Lipinski definition) is 14. The standard InChI is InChI=1S/C39H55NO13/c1-4-39(47)12-11-37(19-51-39)22-8-5-20-6-10-24-25(13-38(37,29(20)24)18-40(2)14-22)34(46)49-17-27-30(42)31(43)32(44)36(52-27)53-35-28-21(15-41)7-9-23(28)26(16-50-35)33(45)48-3/h7,16,22-25,27-28,30-32,35-36,41-44,47H,4-6,8-15,17-19H2,1-3H3/t22-,23-,24-,25-,27-,28-,30-,31+,32-,35+,36+,37+,38-,39+/m1/s1. The van der Waals surface area contributed by atoms with Crippen molar-refractivity contribution in [2.75, 3.05) is 47.1 Å². The van der Waals surface area contributed by atoms with Gasteiger partial charge in [-0.25, -0.2) is 4.79 Å². The molecule has 2 spiro atoms. The maximum Gasteiger partial charge on any atom is 0.337 e. The van der Waals surface area contributed by atoms with Gasteiger partial charge in [0, 0.05) is 36.3 Å². The van der Waals surface area contributed by atoms with Gasteiger partial charge in [-0.2, -0.15) is 0 Å². The summed E-state index contributed by atoms with van der Waals surface area (Å²) < 4.78 is 35.1. The van der Waals surface area contributed by atoms with Crippen LogP contribution in [0.4, 0.5) is 0 Å². The van der Waals surface area contributed by atoms with E-state index in [-0.39, 0.29) is 41.5 Å². The van der Waals surface area contributed by atoms with Crippen LogP contribution in [0.15, 0.2) is 34.6 Å². The molecule has 294 valence electrons. The van der Waals surface area contributed by atoms with Gasteiger partial charge in [-0.05, 0) is 75.8 Å². The second kappa shape index (κ2) is 14.0. The maximum absolute atomic E-state index is 14.2. The Hall–Kier alpha value is -2.40. The number of fused-ring (bicyclic) bond motifs is 1. The first-order chi connectivity index (χ1) is 25.4. The molecule has 0 aromatic carbocycles. The van der Waals surface area contributed by atoms with Gasteiger partial charge in [0.05, 0.1) is 44.0 Å². The molecule has 0 unspecified atom stereocenters. The number of carbonyl (C=O) groups excluding carboxylic acids is 2. The number of allylic oxidation sites excluding steroid dienone is 2. The van der Waals surface area contributed by atoms with Crippen molar-refractivity contribution < 1.29 is 63.5 Å². The Kier molecular flexibility index (Phi) is 9.88. The number of piperidine rings is 1. The van der Waals surface area contributed by atoms with Crippen molar-refractivity contribution in [1.82, 2.24) is 4.90 Å². The van der Waals surface area contributed by atoms with Crippen molar-refractivity contribution in [3.63, 3.8) is 0 Å². The van der Waals surface area contributed by atoms with Crippen LogP contribution in [0.3, 0.4) is 0 Å². The lowest BCUT2D eigenvalue weighted by Crippen LogP contribution is -2.64. The molecule has 0 amide bonds. The third-order valence-corrected chi connectivity index (χ3v) is 14.5. The van der Waals surface area contributed by atoms with Crippen LogP contribution in [0.5, 0.6) is 0 Å². The highest BCUT2D eigenvalue weighted by Crippen LogP contribution is 2.72. The largest absolute Gasteiger partial charge is 0.471 e. The summed E-state index contributed by atoms with van der Waals surface area (Å²) in [6.07, 6.45) is 1.21. The maximum atomic E-state index is 14.2. The number of esters is 2. The van der Waals surface area contributed by atoms with Crippen LogP contribution in [0.2, 0.25) is 0 Å². The molecule has 14 heteroatoms. The van der Waals surface area contributed by atoms with Gasteiger partial charge in [-0.15, -0.1) is 0 Å². The number of likely N-dealkylation sites (tertiary alicyclic amines) is 1. The second-order valence-corrected chi connectivity index (χ2v) is 16.9. The minimum atomic E-state index is -1.68. The number of carbonyl (C=O) groups is 2. The molecule has 14 atom stereocenters. The van der Waals surface area contributed by atoms with E-state index in [2.05, 4.69) is 11.9 Å². The zero-order valence-electron chi connectivity index (χ0n) is 30.9. The lowest BCUT2D eigenvalue weighted by atomic mass is 9.50. The van der Waals surface area contributed by atoms with Gasteiger partial charge in [0.15, 0.2) is 12.1 Å². The predicted octanol–water partition coefficient (Wildman–Crippen LogP) is 1.29. The molecule has 3 saturated heterocycles. The summed E-state index contributed by atoms with van der Waals surface area (Å²) >= 11 is 0. The van der Waals surface area contributed by atoms with Crippen molar-refractivity contribution in [3.8, 4) is 0 Å². The zero-order chi connectivity index (χ0) is 37.4. The van der Waals surface area contributed by atoms with Gasteiger partial charge in [0.2, 0.25) is 6.29 Å². The average molecular weight is 746 g/mol. The van der Waals surface area contributed by atoms with E-state index in [1.807, 2.05) is 6.92 Å². The number of aliphatic hydroxyl groups excluding tert-OH is 4. The van der Waals surface area contributed by atoms with E-state index in [1.165, 1.54) is 24.5 Å². The van der Waals surface area contributed by atoms with Gasteiger partial charge in [0.25, 0.3) is 0 Å². The molecule has 1 saturated carbocycles. The number of ether oxygens (including phenoxy) is 6. The fourth-order valence-electron chi connectivity index (χ4n) is 11.9. The number of hydrogen-bond donors (Lipinski definition) is 5. The molecule has 4 heterocycles. The fourth-order valence-corrected chi connectivity index (χ4v) is 11.9. The third kappa shape index (κ3) is 5.85. The van der Waals surface area contributed by atoms with Crippen molar-refractivity contribution in [2.24, 2.45) is 40.4 Å². The van der Waals surface area contributed by atoms with Crippen molar-refractivity contribution in [1.29, 1.82) is 0 Å². The topological polar surface area (TPSA) is 194 Å². The smallest absolute Gasteiger partial charge is 0.337 e. The predicted molar refractivity (Wildman–Crippen MR) is 184 cm³/mol. The van der Waals surface area contributed by atoms with E-state index < -0.39 is 66.5 Å². The molecule has 0 aromatic rings. The molecule has 53 heavy (non-hydrogen) atoms. The quantitative estimate of drug-likeness (QED) is 0.176. The Morgan fingerprint density at radius 2 is 1.85 bits per heavy atom. The van der Waals surface area contributed by atoms with Gasteiger partial charge in [-0.1, -0.05) is 24.1 Å². The Morgan fingerprint density at radius 3 is 2.57 bits per heavy atom. The van der Waals surface area contributed by atoms with Crippen LogP contribution in [0, 0.1) is 40.4 Å². The van der Waals surface area contributed by atoms with Gasteiger partial charge in [-0.3, -0.25) is 4.79 Å². The van der Waals surface area contributed by atoms with E-state index in [9.17, 15) is 35.1 Å². The van der Waals surface area contributed by atoms with Gasteiger partial charge >= 0.3 is 11.9 Å². The first kappa shape index (κ1) is 37.5. The summed E-state index contributed by atoms with van der Waals surface area (Å²) in [6.45, 7) is 3.51. The lowest BCUT2D eigenvalue weighted by molar-refractivity contribution is -0.340.